The molecule has 0 amide bonds. The van der Waals surface area contributed by atoms with E-state index >= 15 is 0 Å². The fourth-order valence-electron chi connectivity index (χ4n) is 1.44. The van der Waals surface area contributed by atoms with Gasteiger partial charge in [-0.2, -0.15) is 4.79 Å². The number of aliphatic hydroxyl groups is 1. The van der Waals surface area contributed by atoms with Gasteiger partial charge in [-0.3, -0.25) is 10.1 Å². The first-order chi connectivity index (χ1) is 9.02. The molecular formula is C11H11N3O5. The number of benzene rings is 1. The normalized spacial score (nSPS) is 11.3. The van der Waals surface area contributed by atoms with Crippen LogP contribution in [0.1, 0.15) is 18.6 Å². The average molecular weight is 265 g/mol. The number of para-hydroxylation sites is 1. The van der Waals surface area contributed by atoms with Crippen molar-refractivity contribution in [2.45, 2.75) is 13.0 Å². The average Bonchev–Trinajstić information content (AvgIpc) is 2.39. The van der Waals surface area contributed by atoms with Gasteiger partial charge >= 0.3 is 11.7 Å². The van der Waals surface area contributed by atoms with Crippen molar-refractivity contribution in [2.24, 2.45) is 0 Å². The first-order valence-corrected chi connectivity index (χ1v) is 5.33. The van der Waals surface area contributed by atoms with E-state index in [4.69, 9.17) is 5.53 Å². The predicted molar refractivity (Wildman–Crippen MR) is 63.3 cm³/mol. The Morgan fingerprint density at radius 3 is 2.74 bits per heavy atom. The Morgan fingerprint density at radius 2 is 2.21 bits per heavy atom. The molecule has 0 saturated heterocycles. The maximum atomic E-state index is 11.4. The van der Waals surface area contributed by atoms with Crippen molar-refractivity contribution in [3.05, 3.63) is 45.5 Å². The molecule has 1 atom stereocenters. The molecular weight excluding hydrogens is 254 g/mol. The van der Waals surface area contributed by atoms with Crippen LogP contribution in [-0.2, 0) is 9.53 Å². The Hall–Kier alpha value is -2.57. The second-order valence-corrected chi connectivity index (χ2v) is 3.42. The van der Waals surface area contributed by atoms with E-state index in [1.54, 1.807) is 0 Å². The lowest BCUT2D eigenvalue weighted by molar-refractivity contribution is -0.386. The molecule has 8 heteroatoms. The highest BCUT2D eigenvalue weighted by Gasteiger charge is 2.36. The number of ether oxygens (including phenoxy) is 1. The van der Waals surface area contributed by atoms with Crippen molar-refractivity contribution in [3.8, 4) is 0 Å². The smallest absolute Gasteiger partial charge is 0.420 e. The number of esters is 1. The van der Waals surface area contributed by atoms with Crippen molar-refractivity contribution in [1.29, 1.82) is 0 Å². The number of hydrogen-bond donors (Lipinski definition) is 1. The molecule has 1 rings (SSSR count). The minimum atomic E-state index is -1.74. The quantitative estimate of drug-likeness (QED) is 0.211. The summed E-state index contributed by atoms with van der Waals surface area (Å²) in [6.07, 6.45) is -1.74. The van der Waals surface area contributed by atoms with Gasteiger partial charge in [0.25, 0.3) is 5.69 Å². The van der Waals surface area contributed by atoms with Gasteiger partial charge in [0, 0.05) is 6.07 Å². The molecule has 0 spiro atoms. The number of hydrogen-bond acceptors (Lipinski definition) is 5. The van der Waals surface area contributed by atoms with Crippen LogP contribution in [0.4, 0.5) is 5.69 Å². The highest BCUT2D eigenvalue weighted by molar-refractivity contribution is 6.35. The van der Waals surface area contributed by atoms with Gasteiger partial charge in [0.1, 0.15) is 0 Å². The molecule has 1 unspecified atom stereocenters. The Bertz CT molecular complexity index is 551. The third kappa shape index (κ3) is 3.21. The van der Waals surface area contributed by atoms with Crippen LogP contribution in [0.3, 0.4) is 0 Å². The summed E-state index contributed by atoms with van der Waals surface area (Å²) in [5.41, 5.74) is 7.48. The SMILES string of the molecule is CCOC(=O)C(=[N+]=[N-])C(O)c1ccccc1[N+](=O)[O-]. The third-order valence-electron chi connectivity index (χ3n) is 2.28. The molecule has 1 aromatic rings. The van der Waals surface area contributed by atoms with Crippen LogP contribution in [0.25, 0.3) is 5.53 Å². The van der Waals surface area contributed by atoms with E-state index in [0.717, 1.165) is 0 Å². The highest BCUT2D eigenvalue weighted by atomic mass is 16.6. The second-order valence-electron chi connectivity index (χ2n) is 3.42. The van der Waals surface area contributed by atoms with Gasteiger partial charge in [-0.15, -0.1) is 0 Å². The summed E-state index contributed by atoms with van der Waals surface area (Å²) in [7, 11) is 0. The van der Waals surface area contributed by atoms with Crippen LogP contribution in [0.2, 0.25) is 0 Å². The van der Waals surface area contributed by atoms with Crippen molar-refractivity contribution in [1.82, 2.24) is 0 Å². The van der Waals surface area contributed by atoms with Crippen LogP contribution >= 0.6 is 0 Å². The maximum absolute atomic E-state index is 11.4. The monoisotopic (exact) mass is 265 g/mol. The first-order valence-electron chi connectivity index (χ1n) is 5.33. The molecule has 0 heterocycles. The number of nitrogens with zero attached hydrogens (tertiary/aromatic N) is 3. The summed E-state index contributed by atoms with van der Waals surface area (Å²) in [5, 5.41) is 20.7. The Kier molecular flexibility index (Phi) is 4.87. The predicted octanol–water partition coefficient (Wildman–Crippen LogP) is 0.862. The number of nitro benzene ring substituents is 1. The molecule has 100 valence electrons. The van der Waals surface area contributed by atoms with E-state index in [9.17, 15) is 20.0 Å². The maximum Gasteiger partial charge on any atom is 0.420 e. The fourth-order valence-corrected chi connectivity index (χ4v) is 1.44. The molecule has 0 fully saturated rings. The number of carbonyl (C=O) groups is 1. The summed E-state index contributed by atoms with van der Waals surface area (Å²) in [5.74, 6) is -1.05. The third-order valence-corrected chi connectivity index (χ3v) is 2.28. The summed E-state index contributed by atoms with van der Waals surface area (Å²) in [6, 6.07) is 5.28. The topological polar surface area (TPSA) is 126 Å². The molecule has 0 aromatic heterocycles. The van der Waals surface area contributed by atoms with E-state index in [1.165, 1.54) is 31.2 Å². The van der Waals surface area contributed by atoms with Crippen molar-refractivity contribution >= 4 is 17.4 Å². The lowest BCUT2D eigenvalue weighted by Crippen LogP contribution is -2.26. The van der Waals surface area contributed by atoms with Crippen molar-refractivity contribution < 1.29 is 24.4 Å². The van der Waals surface area contributed by atoms with Crippen molar-refractivity contribution in [3.63, 3.8) is 0 Å². The van der Waals surface area contributed by atoms with Gasteiger partial charge in [0.15, 0.2) is 6.10 Å². The zero-order valence-electron chi connectivity index (χ0n) is 10.0. The number of aliphatic hydroxyl groups excluding tert-OH is 1. The van der Waals surface area contributed by atoms with Gasteiger partial charge in [-0.05, 0) is 13.0 Å². The zero-order valence-corrected chi connectivity index (χ0v) is 10.0. The summed E-state index contributed by atoms with van der Waals surface area (Å²) in [4.78, 5) is 24.2. The van der Waals surface area contributed by atoms with Crippen LogP contribution < -0.4 is 0 Å². The summed E-state index contributed by atoms with van der Waals surface area (Å²) in [6.45, 7) is 1.55. The molecule has 1 N–H and O–H groups in total. The second kappa shape index (κ2) is 6.39. The standard InChI is InChI=1S/C11H11N3O5/c1-2-19-11(16)9(13-12)10(15)7-5-3-4-6-8(7)14(17)18/h3-6,10,15H,2H2,1H3. The van der Waals surface area contributed by atoms with Crippen LogP contribution in [-0.4, -0.2) is 33.1 Å². The number of rotatable bonds is 5. The Balaban J connectivity index is 3.19. The van der Waals surface area contributed by atoms with E-state index in [2.05, 4.69) is 9.53 Å². The lowest BCUT2D eigenvalue weighted by Gasteiger charge is -2.06. The van der Waals surface area contributed by atoms with Gasteiger partial charge in [0.05, 0.1) is 17.1 Å². The fraction of sp³-hybridized carbons (Fsp3) is 0.273. The highest BCUT2D eigenvalue weighted by Crippen LogP contribution is 2.25. The molecule has 0 aliphatic carbocycles. The first kappa shape index (κ1) is 14.5. The molecule has 19 heavy (non-hydrogen) atoms. The summed E-state index contributed by atoms with van der Waals surface area (Å²) >= 11 is 0. The van der Waals surface area contributed by atoms with Gasteiger partial charge in [-0.25, -0.2) is 4.79 Å². The molecule has 1 aromatic carbocycles. The molecule has 0 saturated carbocycles. The Morgan fingerprint density at radius 1 is 1.58 bits per heavy atom. The number of carbonyl (C=O) groups excluding carboxylic acids is 1. The molecule has 8 nitrogen and oxygen atoms in total. The number of nitro groups is 1. The molecule has 0 aliphatic rings. The van der Waals surface area contributed by atoms with E-state index in [-0.39, 0.29) is 17.9 Å². The lowest BCUT2D eigenvalue weighted by atomic mass is 10.0. The van der Waals surface area contributed by atoms with Crippen LogP contribution in [0.15, 0.2) is 24.3 Å². The summed E-state index contributed by atoms with van der Waals surface area (Å²) < 4.78 is 4.58. The van der Waals surface area contributed by atoms with Gasteiger partial charge in [-0.1, -0.05) is 12.1 Å². The van der Waals surface area contributed by atoms with E-state index in [1.807, 2.05) is 0 Å². The Labute approximate surface area is 108 Å². The zero-order chi connectivity index (χ0) is 14.4. The molecule has 0 bridgehead atoms. The largest absolute Gasteiger partial charge is 0.457 e. The van der Waals surface area contributed by atoms with E-state index < -0.39 is 22.7 Å². The van der Waals surface area contributed by atoms with Gasteiger partial charge < -0.3 is 15.4 Å². The molecule has 0 radical (unpaired) electrons. The minimum Gasteiger partial charge on any atom is -0.457 e. The van der Waals surface area contributed by atoms with Gasteiger partial charge in [0.2, 0.25) is 0 Å². The van der Waals surface area contributed by atoms with Crippen LogP contribution in [0.5, 0.6) is 0 Å². The minimum absolute atomic E-state index is 0.0153. The molecule has 0 aliphatic heterocycles. The van der Waals surface area contributed by atoms with E-state index in [0.29, 0.717) is 0 Å². The van der Waals surface area contributed by atoms with Crippen LogP contribution in [0, 0.1) is 10.1 Å². The van der Waals surface area contributed by atoms with Crippen molar-refractivity contribution in [2.75, 3.05) is 6.61 Å².